The Hall–Kier alpha value is -0.830. The van der Waals surface area contributed by atoms with E-state index in [2.05, 4.69) is 44.2 Å². The van der Waals surface area contributed by atoms with Crippen molar-refractivity contribution in [3.05, 3.63) is 18.0 Å². The maximum atomic E-state index is 4.16. The van der Waals surface area contributed by atoms with E-state index in [9.17, 15) is 0 Å². The minimum Gasteiger partial charge on any atom is -0.311 e. The highest BCUT2D eigenvalue weighted by Crippen LogP contribution is 2.24. The van der Waals surface area contributed by atoms with Crippen LogP contribution in [0.5, 0.6) is 0 Å². The number of hydrogen-bond donors (Lipinski definition) is 1. The van der Waals surface area contributed by atoms with Crippen LogP contribution in [0.25, 0.3) is 0 Å². The molecular weight excluding hydrogens is 198 g/mol. The first-order valence-corrected chi connectivity index (χ1v) is 6.08. The maximum Gasteiger partial charge on any atom is 0.0518 e. The first-order chi connectivity index (χ1) is 7.41. The van der Waals surface area contributed by atoms with E-state index in [4.69, 9.17) is 0 Å². The Morgan fingerprint density at radius 1 is 1.44 bits per heavy atom. The summed E-state index contributed by atoms with van der Waals surface area (Å²) < 4.78 is 1.92. The Kier molecular flexibility index (Phi) is 4.54. The van der Waals surface area contributed by atoms with Crippen molar-refractivity contribution in [2.75, 3.05) is 6.54 Å². The fraction of sp³-hybridized carbons (Fsp3) is 0.769. The topological polar surface area (TPSA) is 29.9 Å². The van der Waals surface area contributed by atoms with Gasteiger partial charge in [0.2, 0.25) is 0 Å². The molecule has 3 nitrogen and oxygen atoms in total. The van der Waals surface area contributed by atoms with Crippen molar-refractivity contribution in [3.63, 3.8) is 0 Å². The Labute approximate surface area is 99.2 Å². The number of aromatic nitrogens is 2. The molecule has 1 aromatic rings. The van der Waals surface area contributed by atoms with Gasteiger partial charge >= 0.3 is 0 Å². The van der Waals surface area contributed by atoms with Crippen LogP contribution in [0.2, 0.25) is 0 Å². The fourth-order valence-corrected chi connectivity index (χ4v) is 2.28. The average Bonchev–Trinajstić information content (AvgIpc) is 2.49. The van der Waals surface area contributed by atoms with Gasteiger partial charge in [0.1, 0.15) is 0 Å². The standard InChI is InChI=1S/C13H25N3/c1-11(2)8-13(3,4)10-14-9-12-6-7-15-16(12)5/h6-7,11,14H,8-10H2,1-5H3. The summed E-state index contributed by atoms with van der Waals surface area (Å²) in [5.41, 5.74) is 1.60. The Bertz CT molecular complexity index is 313. The van der Waals surface area contributed by atoms with E-state index in [0.29, 0.717) is 5.41 Å². The molecule has 1 N–H and O–H groups in total. The van der Waals surface area contributed by atoms with Gasteiger partial charge < -0.3 is 5.32 Å². The van der Waals surface area contributed by atoms with E-state index in [1.54, 1.807) is 0 Å². The zero-order valence-electron chi connectivity index (χ0n) is 11.2. The number of hydrogen-bond acceptors (Lipinski definition) is 2. The summed E-state index contributed by atoms with van der Waals surface area (Å²) in [6.45, 7) is 11.2. The average molecular weight is 223 g/mol. The summed E-state index contributed by atoms with van der Waals surface area (Å²) in [5.74, 6) is 0.758. The van der Waals surface area contributed by atoms with Gasteiger partial charge in [-0.05, 0) is 23.8 Å². The highest BCUT2D eigenvalue weighted by atomic mass is 15.3. The molecule has 0 fully saturated rings. The molecule has 0 atom stereocenters. The largest absolute Gasteiger partial charge is 0.311 e. The van der Waals surface area contributed by atoms with E-state index in [0.717, 1.165) is 19.0 Å². The van der Waals surface area contributed by atoms with Crippen molar-refractivity contribution < 1.29 is 0 Å². The molecule has 1 aromatic heterocycles. The van der Waals surface area contributed by atoms with Crippen LogP contribution in [0.15, 0.2) is 12.3 Å². The van der Waals surface area contributed by atoms with Crippen molar-refractivity contribution in [1.82, 2.24) is 15.1 Å². The van der Waals surface area contributed by atoms with Crippen LogP contribution < -0.4 is 5.32 Å². The van der Waals surface area contributed by atoms with Gasteiger partial charge in [-0.1, -0.05) is 27.7 Å². The predicted molar refractivity (Wildman–Crippen MR) is 68.2 cm³/mol. The molecule has 0 amide bonds. The van der Waals surface area contributed by atoms with Crippen molar-refractivity contribution in [2.45, 2.75) is 40.7 Å². The zero-order chi connectivity index (χ0) is 12.2. The van der Waals surface area contributed by atoms with Crippen molar-refractivity contribution in [1.29, 1.82) is 0 Å². The molecular formula is C13H25N3. The Balaban J connectivity index is 2.32. The van der Waals surface area contributed by atoms with Gasteiger partial charge in [-0.2, -0.15) is 5.10 Å². The van der Waals surface area contributed by atoms with Crippen LogP contribution in [-0.4, -0.2) is 16.3 Å². The second-order valence-corrected chi connectivity index (χ2v) is 5.81. The molecule has 92 valence electrons. The van der Waals surface area contributed by atoms with Crippen LogP contribution in [0.1, 0.15) is 39.8 Å². The Morgan fingerprint density at radius 2 is 2.12 bits per heavy atom. The zero-order valence-corrected chi connectivity index (χ0v) is 11.2. The molecule has 0 saturated heterocycles. The monoisotopic (exact) mass is 223 g/mol. The molecule has 1 rings (SSSR count). The number of nitrogens with one attached hydrogen (secondary N) is 1. The van der Waals surface area contributed by atoms with Gasteiger partial charge in [-0.3, -0.25) is 4.68 Å². The summed E-state index contributed by atoms with van der Waals surface area (Å²) >= 11 is 0. The predicted octanol–water partition coefficient (Wildman–Crippen LogP) is 2.58. The van der Waals surface area contributed by atoms with E-state index in [1.807, 2.05) is 17.9 Å². The summed E-state index contributed by atoms with van der Waals surface area (Å²) in [6, 6.07) is 2.06. The lowest BCUT2D eigenvalue weighted by Gasteiger charge is -2.27. The van der Waals surface area contributed by atoms with Gasteiger partial charge in [0.15, 0.2) is 0 Å². The lowest BCUT2D eigenvalue weighted by atomic mass is 9.84. The van der Waals surface area contributed by atoms with Gasteiger partial charge in [-0.15, -0.1) is 0 Å². The third kappa shape index (κ3) is 4.35. The Morgan fingerprint density at radius 3 is 2.62 bits per heavy atom. The lowest BCUT2D eigenvalue weighted by Crippen LogP contribution is -2.30. The van der Waals surface area contributed by atoms with E-state index < -0.39 is 0 Å². The third-order valence-electron chi connectivity index (χ3n) is 2.79. The second kappa shape index (κ2) is 5.48. The molecule has 0 saturated carbocycles. The quantitative estimate of drug-likeness (QED) is 0.803. The highest BCUT2D eigenvalue weighted by molar-refractivity contribution is 4.99. The molecule has 0 spiro atoms. The van der Waals surface area contributed by atoms with Gasteiger partial charge in [0, 0.05) is 26.3 Å². The number of nitrogens with zero attached hydrogens (tertiary/aromatic N) is 2. The fourth-order valence-electron chi connectivity index (χ4n) is 2.28. The molecule has 0 aliphatic carbocycles. The van der Waals surface area contributed by atoms with E-state index in [-0.39, 0.29) is 0 Å². The lowest BCUT2D eigenvalue weighted by molar-refractivity contribution is 0.272. The minimum atomic E-state index is 0.368. The smallest absolute Gasteiger partial charge is 0.0518 e. The molecule has 16 heavy (non-hydrogen) atoms. The van der Waals surface area contributed by atoms with Crippen LogP contribution in [0.4, 0.5) is 0 Å². The van der Waals surface area contributed by atoms with Crippen molar-refractivity contribution in [2.24, 2.45) is 18.4 Å². The highest BCUT2D eigenvalue weighted by Gasteiger charge is 2.18. The molecule has 1 heterocycles. The van der Waals surface area contributed by atoms with Gasteiger partial charge in [-0.25, -0.2) is 0 Å². The van der Waals surface area contributed by atoms with Crippen LogP contribution in [0.3, 0.4) is 0 Å². The minimum absolute atomic E-state index is 0.368. The van der Waals surface area contributed by atoms with Gasteiger partial charge in [0.25, 0.3) is 0 Å². The summed E-state index contributed by atoms with van der Waals surface area (Å²) in [5, 5.41) is 7.67. The van der Waals surface area contributed by atoms with Crippen LogP contribution >= 0.6 is 0 Å². The first kappa shape index (κ1) is 13.2. The molecule has 0 unspecified atom stereocenters. The number of aryl methyl sites for hydroxylation is 1. The molecule has 3 heteroatoms. The number of rotatable bonds is 6. The molecule has 0 aliphatic rings. The molecule has 0 aromatic carbocycles. The molecule has 0 radical (unpaired) electrons. The van der Waals surface area contributed by atoms with Crippen molar-refractivity contribution in [3.8, 4) is 0 Å². The van der Waals surface area contributed by atoms with E-state index >= 15 is 0 Å². The van der Waals surface area contributed by atoms with E-state index in [1.165, 1.54) is 12.1 Å². The van der Waals surface area contributed by atoms with Crippen LogP contribution in [0, 0.1) is 11.3 Å². The SMILES string of the molecule is CC(C)CC(C)(C)CNCc1ccnn1C. The summed E-state index contributed by atoms with van der Waals surface area (Å²) in [4.78, 5) is 0. The van der Waals surface area contributed by atoms with Crippen molar-refractivity contribution >= 4 is 0 Å². The maximum absolute atomic E-state index is 4.16. The molecule has 0 aliphatic heterocycles. The summed E-state index contributed by atoms with van der Waals surface area (Å²) in [7, 11) is 1.98. The van der Waals surface area contributed by atoms with Crippen LogP contribution in [-0.2, 0) is 13.6 Å². The van der Waals surface area contributed by atoms with Gasteiger partial charge in [0.05, 0.1) is 5.69 Å². The first-order valence-electron chi connectivity index (χ1n) is 6.08. The molecule has 0 bridgehead atoms. The third-order valence-corrected chi connectivity index (χ3v) is 2.79. The second-order valence-electron chi connectivity index (χ2n) is 5.81. The normalized spacial score (nSPS) is 12.4. The summed E-state index contributed by atoms with van der Waals surface area (Å²) in [6.07, 6.45) is 3.10.